The van der Waals surface area contributed by atoms with E-state index >= 15 is 0 Å². The van der Waals surface area contributed by atoms with Crippen molar-refractivity contribution in [3.63, 3.8) is 0 Å². The SMILES string of the molecule is COc1cc2c(cc1OC)C(COc1ccc(F)cc1)N(C(=O)CCc1ccccc1)CC2. The molecule has 1 aliphatic heterocycles. The minimum Gasteiger partial charge on any atom is -0.493 e. The number of ether oxygens (including phenoxy) is 3. The molecule has 1 unspecified atom stereocenters. The smallest absolute Gasteiger partial charge is 0.223 e. The van der Waals surface area contributed by atoms with E-state index in [9.17, 15) is 9.18 Å². The van der Waals surface area contributed by atoms with Gasteiger partial charge in [-0.15, -0.1) is 0 Å². The minimum atomic E-state index is -0.320. The van der Waals surface area contributed by atoms with Gasteiger partial charge in [0.2, 0.25) is 5.91 Å². The van der Waals surface area contributed by atoms with Gasteiger partial charge in [-0.05, 0) is 65.9 Å². The quantitative estimate of drug-likeness (QED) is 0.487. The predicted octanol–water partition coefficient (Wildman–Crippen LogP) is 4.98. The Hall–Kier alpha value is -3.54. The summed E-state index contributed by atoms with van der Waals surface area (Å²) >= 11 is 0. The van der Waals surface area contributed by atoms with Gasteiger partial charge in [0.1, 0.15) is 18.2 Å². The van der Waals surface area contributed by atoms with Gasteiger partial charge in [-0.1, -0.05) is 30.3 Å². The van der Waals surface area contributed by atoms with Crippen LogP contribution in [0.25, 0.3) is 0 Å². The van der Waals surface area contributed by atoms with Crippen LogP contribution in [0.5, 0.6) is 17.2 Å². The molecule has 6 heteroatoms. The van der Waals surface area contributed by atoms with Crippen molar-refractivity contribution in [1.82, 2.24) is 4.90 Å². The van der Waals surface area contributed by atoms with Crippen LogP contribution in [0.3, 0.4) is 0 Å². The molecular formula is C27H28FNO4. The summed E-state index contributed by atoms with van der Waals surface area (Å²) in [6.07, 6.45) is 1.82. The van der Waals surface area contributed by atoms with E-state index in [0.717, 1.165) is 23.1 Å². The first kappa shape index (κ1) is 22.6. The fourth-order valence-electron chi connectivity index (χ4n) is 4.25. The number of carbonyl (C=O) groups excluding carboxylic acids is 1. The van der Waals surface area contributed by atoms with Crippen molar-refractivity contribution in [3.05, 3.63) is 89.2 Å². The van der Waals surface area contributed by atoms with E-state index in [0.29, 0.717) is 36.6 Å². The Morgan fingerprint density at radius 1 is 1.00 bits per heavy atom. The molecule has 0 saturated heterocycles. The molecule has 172 valence electrons. The van der Waals surface area contributed by atoms with Crippen LogP contribution in [-0.4, -0.2) is 38.2 Å². The first-order valence-electron chi connectivity index (χ1n) is 11.1. The zero-order valence-electron chi connectivity index (χ0n) is 18.9. The molecule has 1 atom stereocenters. The van der Waals surface area contributed by atoms with Crippen LogP contribution in [0.2, 0.25) is 0 Å². The second-order valence-electron chi connectivity index (χ2n) is 8.01. The maximum absolute atomic E-state index is 13.3. The third-order valence-electron chi connectivity index (χ3n) is 6.01. The number of halogens is 1. The highest BCUT2D eigenvalue weighted by atomic mass is 19.1. The standard InChI is InChI=1S/C27H28FNO4/c1-31-25-16-20-14-15-29(27(30)13-8-19-6-4-3-5-7-19)24(23(20)17-26(25)32-2)18-33-22-11-9-21(28)10-12-22/h3-7,9-12,16-17,24H,8,13-15,18H2,1-2H3. The van der Waals surface area contributed by atoms with Crippen molar-refractivity contribution in [2.45, 2.75) is 25.3 Å². The van der Waals surface area contributed by atoms with Crippen molar-refractivity contribution in [2.75, 3.05) is 27.4 Å². The lowest BCUT2D eigenvalue weighted by molar-refractivity contribution is -0.134. The Balaban J connectivity index is 1.59. The molecule has 3 aromatic carbocycles. The first-order valence-corrected chi connectivity index (χ1v) is 11.1. The van der Waals surface area contributed by atoms with Crippen LogP contribution in [0, 0.1) is 5.82 Å². The Morgan fingerprint density at radius 2 is 1.70 bits per heavy atom. The average Bonchev–Trinajstić information content (AvgIpc) is 2.86. The van der Waals surface area contributed by atoms with E-state index in [1.165, 1.54) is 12.1 Å². The molecule has 4 rings (SSSR count). The lowest BCUT2D eigenvalue weighted by Gasteiger charge is -2.37. The van der Waals surface area contributed by atoms with Gasteiger partial charge in [0, 0.05) is 13.0 Å². The summed E-state index contributed by atoms with van der Waals surface area (Å²) in [6.45, 7) is 0.846. The highest BCUT2D eigenvalue weighted by Crippen LogP contribution is 2.38. The number of aryl methyl sites for hydroxylation is 1. The number of benzene rings is 3. The summed E-state index contributed by atoms with van der Waals surface area (Å²) in [6, 6.07) is 19.5. The van der Waals surface area contributed by atoms with Gasteiger partial charge in [-0.25, -0.2) is 4.39 Å². The highest BCUT2D eigenvalue weighted by molar-refractivity contribution is 5.77. The maximum atomic E-state index is 13.3. The van der Waals surface area contributed by atoms with Gasteiger partial charge in [-0.2, -0.15) is 0 Å². The molecule has 0 fully saturated rings. The number of hydrogen-bond acceptors (Lipinski definition) is 4. The molecule has 0 bridgehead atoms. The van der Waals surface area contributed by atoms with Crippen molar-refractivity contribution >= 4 is 5.91 Å². The zero-order chi connectivity index (χ0) is 23.2. The fraction of sp³-hybridized carbons (Fsp3) is 0.296. The van der Waals surface area contributed by atoms with Gasteiger partial charge in [0.15, 0.2) is 11.5 Å². The summed E-state index contributed by atoms with van der Waals surface area (Å²) in [5, 5.41) is 0. The number of fused-ring (bicyclic) bond motifs is 1. The van der Waals surface area contributed by atoms with E-state index in [4.69, 9.17) is 14.2 Å². The van der Waals surface area contributed by atoms with Crippen LogP contribution in [0.15, 0.2) is 66.7 Å². The average molecular weight is 450 g/mol. The van der Waals surface area contributed by atoms with Gasteiger partial charge < -0.3 is 19.1 Å². The lowest BCUT2D eigenvalue weighted by Crippen LogP contribution is -2.42. The van der Waals surface area contributed by atoms with E-state index in [2.05, 4.69) is 0 Å². The van der Waals surface area contributed by atoms with Gasteiger partial charge >= 0.3 is 0 Å². The first-order chi connectivity index (χ1) is 16.1. The molecule has 0 radical (unpaired) electrons. The summed E-state index contributed by atoms with van der Waals surface area (Å²) in [5.41, 5.74) is 3.22. The molecule has 1 amide bonds. The Labute approximate surface area is 193 Å². The van der Waals surface area contributed by atoms with Crippen molar-refractivity contribution in [2.24, 2.45) is 0 Å². The van der Waals surface area contributed by atoms with E-state index in [1.54, 1.807) is 26.4 Å². The van der Waals surface area contributed by atoms with Crippen LogP contribution < -0.4 is 14.2 Å². The highest BCUT2D eigenvalue weighted by Gasteiger charge is 2.32. The van der Waals surface area contributed by atoms with Gasteiger partial charge in [0.05, 0.1) is 20.3 Å². The largest absolute Gasteiger partial charge is 0.493 e. The number of rotatable bonds is 8. The minimum absolute atomic E-state index is 0.0759. The molecule has 3 aromatic rings. The van der Waals surface area contributed by atoms with E-state index in [1.807, 2.05) is 47.4 Å². The molecule has 0 N–H and O–H groups in total. The molecule has 0 aromatic heterocycles. The van der Waals surface area contributed by atoms with E-state index in [-0.39, 0.29) is 24.4 Å². The number of nitrogens with zero attached hydrogens (tertiary/aromatic N) is 1. The monoisotopic (exact) mass is 449 g/mol. The summed E-state index contributed by atoms with van der Waals surface area (Å²) in [7, 11) is 3.21. The molecule has 33 heavy (non-hydrogen) atoms. The molecule has 1 aliphatic rings. The third kappa shape index (κ3) is 5.28. The summed E-state index contributed by atoms with van der Waals surface area (Å²) in [5.74, 6) is 1.59. The second kappa shape index (κ2) is 10.4. The predicted molar refractivity (Wildman–Crippen MR) is 124 cm³/mol. The van der Waals surface area contributed by atoms with Crippen LogP contribution in [0.1, 0.15) is 29.2 Å². The maximum Gasteiger partial charge on any atom is 0.223 e. The summed E-state index contributed by atoms with van der Waals surface area (Å²) < 4.78 is 30.3. The second-order valence-corrected chi connectivity index (χ2v) is 8.01. The fourth-order valence-corrected chi connectivity index (χ4v) is 4.25. The van der Waals surface area contributed by atoms with Crippen LogP contribution in [-0.2, 0) is 17.6 Å². The lowest BCUT2D eigenvalue weighted by atomic mass is 9.91. The number of amides is 1. The van der Waals surface area contributed by atoms with Gasteiger partial charge in [-0.3, -0.25) is 4.79 Å². The summed E-state index contributed by atoms with van der Waals surface area (Å²) in [4.78, 5) is 15.2. The third-order valence-corrected chi connectivity index (χ3v) is 6.01. The number of hydrogen-bond donors (Lipinski definition) is 0. The molecule has 0 spiro atoms. The molecule has 0 aliphatic carbocycles. The van der Waals surface area contributed by atoms with Crippen LogP contribution in [0.4, 0.5) is 4.39 Å². The molecule has 1 heterocycles. The van der Waals surface area contributed by atoms with Crippen LogP contribution >= 0.6 is 0 Å². The molecule has 0 saturated carbocycles. The van der Waals surface area contributed by atoms with Gasteiger partial charge in [0.25, 0.3) is 0 Å². The van der Waals surface area contributed by atoms with Crippen molar-refractivity contribution in [1.29, 1.82) is 0 Å². The Bertz CT molecular complexity index is 1090. The topological polar surface area (TPSA) is 48.0 Å². The number of carbonyl (C=O) groups is 1. The normalized spacial score (nSPS) is 15.0. The number of methoxy groups -OCH3 is 2. The Morgan fingerprint density at radius 3 is 2.39 bits per heavy atom. The van der Waals surface area contributed by atoms with E-state index < -0.39 is 0 Å². The zero-order valence-corrected chi connectivity index (χ0v) is 18.9. The molecule has 5 nitrogen and oxygen atoms in total. The molecular weight excluding hydrogens is 421 g/mol. The Kier molecular flexibility index (Phi) is 7.13. The van der Waals surface area contributed by atoms with Crippen molar-refractivity contribution in [3.8, 4) is 17.2 Å². The van der Waals surface area contributed by atoms with Crippen molar-refractivity contribution < 1.29 is 23.4 Å².